The number of methoxy groups -OCH3 is 2. The number of benzene rings is 1. The van der Waals surface area contributed by atoms with E-state index in [1.165, 1.54) is 0 Å². The fraction of sp³-hybridized carbons (Fsp3) is 0.450. The molecule has 0 bridgehead atoms. The molecular formula is C20H26N4O3. The predicted molar refractivity (Wildman–Crippen MR) is 103 cm³/mol. The first-order valence-electron chi connectivity index (χ1n) is 9.14. The van der Waals surface area contributed by atoms with Crippen molar-refractivity contribution in [3.05, 3.63) is 41.7 Å². The maximum Gasteiger partial charge on any atom is 0.225 e. The molecule has 1 N–H and O–H groups in total. The number of rotatable bonds is 6. The molecule has 0 atom stereocenters. The van der Waals surface area contributed by atoms with Crippen molar-refractivity contribution < 1.29 is 14.3 Å². The van der Waals surface area contributed by atoms with Crippen LogP contribution in [0.5, 0.6) is 11.5 Å². The second-order valence-electron chi connectivity index (χ2n) is 6.65. The number of aromatic nitrogens is 2. The van der Waals surface area contributed by atoms with E-state index in [-0.39, 0.29) is 11.8 Å². The van der Waals surface area contributed by atoms with Crippen LogP contribution in [0.1, 0.15) is 24.1 Å². The molecule has 1 aliphatic heterocycles. The van der Waals surface area contributed by atoms with E-state index < -0.39 is 0 Å². The fourth-order valence-electron chi connectivity index (χ4n) is 3.28. The number of aryl methyl sites for hydroxylation is 1. The molecule has 27 heavy (non-hydrogen) atoms. The van der Waals surface area contributed by atoms with Crippen LogP contribution in [0.4, 0.5) is 5.95 Å². The van der Waals surface area contributed by atoms with Crippen LogP contribution in [0.25, 0.3) is 0 Å². The van der Waals surface area contributed by atoms with Gasteiger partial charge in [0.05, 0.1) is 14.2 Å². The van der Waals surface area contributed by atoms with Crippen LogP contribution in [-0.4, -0.2) is 43.2 Å². The molecule has 0 radical (unpaired) electrons. The summed E-state index contributed by atoms with van der Waals surface area (Å²) in [6.45, 7) is 3.94. The number of piperidine rings is 1. The minimum Gasteiger partial charge on any atom is -0.497 e. The lowest BCUT2D eigenvalue weighted by molar-refractivity contribution is -0.125. The summed E-state index contributed by atoms with van der Waals surface area (Å²) in [7, 11) is 3.24. The van der Waals surface area contributed by atoms with Gasteiger partial charge in [-0.1, -0.05) is 0 Å². The zero-order chi connectivity index (χ0) is 19.2. The molecule has 0 aliphatic carbocycles. The Morgan fingerprint density at radius 3 is 2.67 bits per heavy atom. The monoisotopic (exact) mass is 370 g/mol. The first-order valence-corrected chi connectivity index (χ1v) is 9.14. The molecule has 1 amide bonds. The predicted octanol–water partition coefficient (Wildman–Crippen LogP) is 2.34. The van der Waals surface area contributed by atoms with Crippen molar-refractivity contribution in [1.82, 2.24) is 15.3 Å². The van der Waals surface area contributed by atoms with E-state index in [9.17, 15) is 4.79 Å². The van der Waals surface area contributed by atoms with Crippen molar-refractivity contribution in [3.8, 4) is 11.5 Å². The van der Waals surface area contributed by atoms with E-state index in [4.69, 9.17) is 9.47 Å². The van der Waals surface area contributed by atoms with Crippen LogP contribution < -0.4 is 19.7 Å². The standard InChI is InChI=1S/C20H26N4O3/c1-14-6-9-21-20(23-14)24-10-7-15(8-11-24)19(25)22-13-16-12-17(26-2)4-5-18(16)27-3/h4-6,9,12,15H,7-8,10-11,13H2,1-3H3,(H,22,25). The van der Waals surface area contributed by atoms with Crippen LogP contribution in [-0.2, 0) is 11.3 Å². The smallest absolute Gasteiger partial charge is 0.225 e. The zero-order valence-corrected chi connectivity index (χ0v) is 16.1. The van der Waals surface area contributed by atoms with Gasteiger partial charge in [-0.05, 0) is 44.0 Å². The Hall–Kier alpha value is -2.83. The quantitative estimate of drug-likeness (QED) is 0.841. The Kier molecular flexibility index (Phi) is 6.11. The van der Waals surface area contributed by atoms with E-state index in [2.05, 4.69) is 20.2 Å². The maximum atomic E-state index is 12.6. The topological polar surface area (TPSA) is 76.6 Å². The average molecular weight is 370 g/mol. The molecule has 7 heteroatoms. The van der Waals surface area contributed by atoms with Gasteiger partial charge in [0, 0.05) is 43.0 Å². The summed E-state index contributed by atoms with van der Waals surface area (Å²) in [6.07, 6.45) is 3.36. The lowest BCUT2D eigenvalue weighted by Crippen LogP contribution is -2.41. The second kappa shape index (κ2) is 8.70. The summed E-state index contributed by atoms with van der Waals surface area (Å²) < 4.78 is 10.6. The number of anilines is 1. The van der Waals surface area contributed by atoms with Crippen molar-refractivity contribution in [2.45, 2.75) is 26.3 Å². The van der Waals surface area contributed by atoms with E-state index in [0.717, 1.165) is 54.6 Å². The van der Waals surface area contributed by atoms with E-state index in [0.29, 0.717) is 6.54 Å². The highest BCUT2D eigenvalue weighted by Crippen LogP contribution is 2.25. The molecule has 1 aromatic heterocycles. The lowest BCUT2D eigenvalue weighted by Gasteiger charge is -2.31. The summed E-state index contributed by atoms with van der Waals surface area (Å²) in [5.41, 5.74) is 1.85. The highest BCUT2D eigenvalue weighted by atomic mass is 16.5. The highest BCUT2D eigenvalue weighted by Gasteiger charge is 2.26. The average Bonchev–Trinajstić information content (AvgIpc) is 2.71. The zero-order valence-electron chi connectivity index (χ0n) is 16.1. The molecule has 1 aliphatic rings. The molecule has 1 fully saturated rings. The SMILES string of the molecule is COc1ccc(OC)c(CNC(=O)C2CCN(c3nccc(C)n3)CC2)c1. The van der Waals surface area contributed by atoms with Gasteiger partial charge in [0.15, 0.2) is 0 Å². The molecular weight excluding hydrogens is 344 g/mol. The first kappa shape index (κ1) is 18.9. The van der Waals surface area contributed by atoms with Crippen LogP contribution in [0.3, 0.4) is 0 Å². The maximum absolute atomic E-state index is 12.6. The molecule has 1 saturated heterocycles. The Bertz CT molecular complexity index is 789. The Morgan fingerprint density at radius 1 is 1.22 bits per heavy atom. The molecule has 144 valence electrons. The highest BCUT2D eigenvalue weighted by molar-refractivity contribution is 5.79. The third kappa shape index (κ3) is 4.67. The number of nitrogens with zero attached hydrogens (tertiary/aromatic N) is 3. The molecule has 0 spiro atoms. The van der Waals surface area contributed by atoms with Crippen molar-refractivity contribution in [1.29, 1.82) is 0 Å². The summed E-state index contributed by atoms with van der Waals surface area (Å²) >= 11 is 0. The molecule has 0 saturated carbocycles. The van der Waals surface area contributed by atoms with Gasteiger partial charge >= 0.3 is 0 Å². The van der Waals surface area contributed by atoms with E-state index >= 15 is 0 Å². The Balaban J connectivity index is 1.54. The molecule has 1 aromatic carbocycles. The molecule has 3 rings (SSSR count). The Labute approximate surface area is 159 Å². The van der Waals surface area contributed by atoms with Gasteiger partial charge in [-0.3, -0.25) is 4.79 Å². The van der Waals surface area contributed by atoms with Gasteiger partial charge in [0.2, 0.25) is 11.9 Å². The van der Waals surface area contributed by atoms with E-state index in [1.807, 2.05) is 31.2 Å². The van der Waals surface area contributed by atoms with Gasteiger partial charge in [0.25, 0.3) is 0 Å². The summed E-state index contributed by atoms with van der Waals surface area (Å²) in [6, 6.07) is 7.46. The minimum atomic E-state index is 0.00246. The normalized spacial score (nSPS) is 14.7. The largest absolute Gasteiger partial charge is 0.497 e. The van der Waals surface area contributed by atoms with Crippen molar-refractivity contribution in [2.24, 2.45) is 5.92 Å². The number of ether oxygens (including phenoxy) is 2. The summed E-state index contributed by atoms with van der Waals surface area (Å²) in [4.78, 5) is 23.5. The van der Waals surface area contributed by atoms with Gasteiger partial charge in [0.1, 0.15) is 11.5 Å². The fourth-order valence-corrected chi connectivity index (χ4v) is 3.28. The molecule has 7 nitrogen and oxygen atoms in total. The molecule has 0 unspecified atom stereocenters. The lowest BCUT2D eigenvalue weighted by atomic mass is 9.96. The number of nitrogens with one attached hydrogen (secondary N) is 1. The van der Waals surface area contributed by atoms with Crippen molar-refractivity contribution in [3.63, 3.8) is 0 Å². The second-order valence-corrected chi connectivity index (χ2v) is 6.65. The van der Waals surface area contributed by atoms with Crippen LogP contribution in [0.2, 0.25) is 0 Å². The number of amides is 1. The third-order valence-corrected chi connectivity index (χ3v) is 4.87. The van der Waals surface area contributed by atoms with Crippen molar-refractivity contribution >= 4 is 11.9 Å². The third-order valence-electron chi connectivity index (χ3n) is 4.87. The van der Waals surface area contributed by atoms with E-state index in [1.54, 1.807) is 20.4 Å². The van der Waals surface area contributed by atoms with Crippen molar-refractivity contribution in [2.75, 3.05) is 32.2 Å². The number of hydrogen-bond donors (Lipinski definition) is 1. The van der Waals surface area contributed by atoms with Gasteiger partial charge in [-0.15, -0.1) is 0 Å². The first-order chi connectivity index (χ1) is 13.1. The minimum absolute atomic E-state index is 0.00246. The van der Waals surface area contributed by atoms with Gasteiger partial charge in [-0.2, -0.15) is 0 Å². The summed E-state index contributed by atoms with van der Waals surface area (Å²) in [5.74, 6) is 2.30. The number of carbonyl (C=O) groups excluding carboxylic acids is 1. The summed E-state index contributed by atoms with van der Waals surface area (Å²) in [5, 5.41) is 3.03. The number of carbonyl (C=O) groups is 1. The Morgan fingerprint density at radius 2 is 2.00 bits per heavy atom. The van der Waals surface area contributed by atoms with Crippen LogP contribution >= 0.6 is 0 Å². The van der Waals surface area contributed by atoms with Crippen LogP contribution in [0, 0.1) is 12.8 Å². The van der Waals surface area contributed by atoms with Gasteiger partial charge < -0.3 is 19.7 Å². The molecule has 2 aromatic rings. The number of hydrogen-bond acceptors (Lipinski definition) is 6. The molecule has 2 heterocycles. The van der Waals surface area contributed by atoms with Gasteiger partial charge in [-0.25, -0.2) is 9.97 Å². The van der Waals surface area contributed by atoms with Crippen LogP contribution in [0.15, 0.2) is 30.5 Å².